The molecule has 19 heavy (non-hydrogen) atoms. The van der Waals surface area contributed by atoms with Crippen molar-refractivity contribution in [3.63, 3.8) is 0 Å². The van der Waals surface area contributed by atoms with Crippen LogP contribution in [0.15, 0.2) is 0 Å². The second kappa shape index (κ2) is 5.30. The van der Waals surface area contributed by atoms with Crippen molar-refractivity contribution in [2.45, 2.75) is 36.9 Å². The Hall–Kier alpha value is -0.790. The maximum atomic E-state index is 14.0. The predicted molar refractivity (Wildman–Crippen MR) is 61.9 cm³/mol. The molecule has 0 radical (unpaired) electrons. The van der Waals surface area contributed by atoms with E-state index < -0.39 is 23.5 Å². The van der Waals surface area contributed by atoms with Gasteiger partial charge in [-0.2, -0.15) is 8.78 Å². The number of morpholine rings is 1. The lowest BCUT2D eigenvalue weighted by Crippen LogP contribution is -2.63. The molecule has 0 aromatic heterocycles. The van der Waals surface area contributed by atoms with Crippen molar-refractivity contribution >= 4 is 5.91 Å². The summed E-state index contributed by atoms with van der Waals surface area (Å²) in [4.78, 5) is 13.0. The van der Waals surface area contributed by atoms with Gasteiger partial charge in [0.25, 0.3) is 5.91 Å². The third-order valence-electron chi connectivity index (χ3n) is 3.81. The van der Waals surface area contributed by atoms with Crippen LogP contribution >= 0.6 is 0 Å². The Bertz CT molecular complexity index is 345. The quantitative estimate of drug-likeness (QED) is 0.810. The number of carbonyl (C=O) groups excluding carboxylic acids is 1. The summed E-state index contributed by atoms with van der Waals surface area (Å²) in [6.45, 7) is 0.636. The zero-order chi connectivity index (χ0) is 14.1. The standard InChI is InChI=1S/C12H19F2NO4/c1-18-8-9-7-15(5-6-19-9)10(16)12(13,14)11(17)3-2-4-11/h9,17H,2-8H2,1H3. The molecule has 110 valence electrons. The molecular weight excluding hydrogens is 260 g/mol. The fraction of sp³-hybridized carbons (Fsp3) is 0.917. The molecule has 1 saturated carbocycles. The zero-order valence-electron chi connectivity index (χ0n) is 10.9. The second-order valence-corrected chi connectivity index (χ2v) is 5.16. The van der Waals surface area contributed by atoms with Crippen LogP contribution in [0.2, 0.25) is 0 Å². The van der Waals surface area contributed by atoms with Gasteiger partial charge in [0.15, 0.2) is 0 Å². The summed E-state index contributed by atoms with van der Waals surface area (Å²) >= 11 is 0. The van der Waals surface area contributed by atoms with Gasteiger partial charge in [0.2, 0.25) is 0 Å². The number of aliphatic hydroxyl groups is 1. The van der Waals surface area contributed by atoms with Gasteiger partial charge in [0.1, 0.15) is 5.60 Å². The van der Waals surface area contributed by atoms with E-state index in [2.05, 4.69) is 0 Å². The van der Waals surface area contributed by atoms with Crippen molar-refractivity contribution in [3.05, 3.63) is 0 Å². The first kappa shape index (κ1) is 14.6. The monoisotopic (exact) mass is 279 g/mol. The maximum absolute atomic E-state index is 14.0. The first-order valence-corrected chi connectivity index (χ1v) is 6.41. The summed E-state index contributed by atoms with van der Waals surface area (Å²) in [6, 6.07) is 0. The maximum Gasteiger partial charge on any atom is 0.352 e. The number of nitrogens with zero attached hydrogens (tertiary/aromatic N) is 1. The number of rotatable bonds is 4. The lowest BCUT2D eigenvalue weighted by Gasteiger charge is -2.44. The molecular formula is C12H19F2NO4. The van der Waals surface area contributed by atoms with Crippen molar-refractivity contribution in [1.82, 2.24) is 4.90 Å². The van der Waals surface area contributed by atoms with E-state index in [1.165, 1.54) is 7.11 Å². The number of methoxy groups -OCH3 is 1. The summed E-state index contributed by atoms with van der Waals surface area (Å²) in [6.07, 6.45) is 0.0683. The summed E-state index contributed by atoms with van der Waals surface area (Å²) < 4.78 is 38.3. The first-order chi connectivity index (χ1) is 8.90. The van der Waals surface area contributed by atoms with E-state index >= 15 is 0 Å². The number of carbonyl (C=O) groups is 1. The molecule has 2 aliphatic rings. The highest BCUT2D eigenvalue weighted by molar-refractivity contribution is 5.85. The lowest BCUT2D eigenvalue weighted by atomic mass is 9.75. The van der Waals surface area contributed by atoms with Gasteiger partial charge in [0, 0.05) is 20.2 Å². The van der Waals surface area contributed by atoms with Gasteiger partial charge in [0.05, 0.1) is 19.3 Å². The highest BCUT2D eigenvalue weighted by Gasteiger charge is 2.62. The van der Waals surface area contributed by atoms with Crippen LogP contribution in [0, 0.1) is 0 Å². The van der Waals surface area contributed by atoms with E-state index in [4.69, 9.17) is 9.47 Å². The number of ether oxygens (including phenoxy) is 2. The third kappa shape index (κ3) is 2.59. The fourth-order valence-corrected chi connectivity index (χ4v) is 2.41. The molecule has 0 spiro atoms. The van der Waals surface area contributed by atoms with Crippen LogP contribution in [0.5, 0.6) is 0 Å². The Labute approximate surface area is 110 Å². The molecule has 1 heterocycles. The summed E-state index contributed by atoms with van der Waals surface area (Å²) in [5, 5.41) is 9.75. The van der Waals surface area contributed by atoms with Gasteiger partial charge in [-0.05, 0) is 19.3 Å². The van der Waals surface area contributed by atoms with Gasteiger partial charge >= 0.3 is 5.92 Å². The number of hydrogen-bond acceptors (Lipinski definition) is 4. The van der Waals surface area contributed by atoms with Crippen LogP contribution in [0.4, 0.5) is 8.78 Å². The molecule has 1 N–H and O–H groups in total. The molecule has 1 aliphatic heterocycles. The molecule has 0 aromatic rings. The number of halogens is 2. The van der Waals surface area contributed by atoms with E-state index in [9.17, 15) is 18.7 Å². The van der Waals surface area contributed by atoms with Crippen molar-refractivity contribution < 1.29 is 28.2 Å². The molecule has 5 nitrogen and oxygen atoms in total. The summed E-state index contributed by atoms with van der Waals surface area (Å²) in [5.41, 5.74) is -2.17. The highest BCUT2D eigenvalue weighted by atomic mass is 19.3. The fourth-order valence-electron chi connectivity index (χ4n) is 2.41. The van der Waals surface area contributed by atoms with E-state index in [1.54, 1.807) is 0 Å². The Balaban J connectivity index is 2.02. The number of amides is 1. The third-order valence-corrected chi connectivity index (χ3v) is 3.81. The molecule has 1 atom stereocenters. The summed E-state index contributed by atoms with van der Waals surface area (Å²) in [5.74, 6) is -5.03. The highest BCUT2D eigenvalue weighted by Crippen LogP contribution is 2.45. The van der Waals surface area contributed by atoms with Crippen molar-refractivity contribution in [3.8, 4) is 0 Å². The van der Waals surface area contributed by atoms with E-state index in [-0.39, 0.29) is 39.1 Å². The van der Waals surface area contributed by atoms with E-state index in [0.29, 0.717) is 6.42 Å². The molecule has 1 aliphatic carbocycles. The van der Waals surface area contributed by atoms with E-state index in [0.717, 1.165) is 4.90 Å². The molecule has 0 bridgehead atoms. The van der Waals surface area contributed by atoms with Crippen molar-refractivity contribution in [1.29, 1.82) is 0 Å². The lowest BCUT2D eigenvalue weighted by molar-refractivity contribution is -0.226. The molecule has 1 saturated heterocycles. The average Bonchev–Trinajstić information content (AvgIpc) is 2.35. The van der Waals surface area contributed by atoms with Crippen LogP contribution < -0.4 is 0 Å². The Morgan fingerprint density at radius 2 is 2.26 bits per heavy atom. The Morgan fingerprint density at radius 1 is 1.58 bits per heavy atom. The first-order valence-electron chi connectivity index (χ1n) is 6.41. The molecule has 0 aromatic carbocycles. The molecule has 7 heteroatoms. The topological polar surface area (TPSA) is 59.0 Å². The summed E-state index contributed by atoms with van der Waals surface area (Å²) in [7, 11) is 1.48. The van der Waals surface area contributed by atoms with Gasteiger partial charge in [-0.25, -0.2) is 0 Å². The SMILES string of the molecule is COCC1CN(C(=O)C(F)(F)C2(O)CCC2)CCO1. The molecule has 1 amide bonds. The minimum atomic E-state index is -3.72. The molecule has 1 unspecified atom stereocenters. The predicted octanol–water partition coefficient (Wildman–Crippen LogP) is 0.410. The Kier molecular flexibility index (Phi) is 4.08. The average molecular weight is 279 g/mol. The molecule has 2 rings (SSSR count). The normalized spacial score (nSPS) is 26.9. The van der Waals surface area contributed by atoms with Crippen LogP contribution in [0.1, 0.15) is 19.3 Å². The smallest absolute Gasteiger partial charge is 0.352 e. The van der Waals surface area contributed by atoms with Crippen LogP contribution in [-0.2, 0) is 14.3 Å². The minimum Gasteiger partial charge on any atom is -0.383 e. The largest absolute Gasteiger partial charge is 0.383 e. The van der Waals surface area contributed by atoms with Crippen LogP contribution in [0.25, 0.3) is 0 Å². The number of alkyl halides is 2. The number of hydrogen-bond donors (Lipinski definition) is 1. The van der Waals surface area contributed by atoms with Gasteiger partial charge in [-0.3, -0.25) is 4.79 Å². The van der Waals surface area contributed by atoms with Crippen molar-refractivity contribution in [2.24, 2.45) is 0 Å². The van der Waals surface area contributed by atoms with Gasteiger partial charge < -0.3 is 19.5 Å². The Morgan fingerprint density at radius 3 is 2.79 bits per heavy atom. The van der Waals surface area contributed by atoms with Crippen molar-refractivity contribution in [2.75, 3.05) is 33.4 Å². The van der Waals surface area contributed by atoms with Crippen LogP contribution in [-0.4, -0.2) is 67.0 Å². The minimum absolute atomic E-state index is 0.0302. The van der Waals surface area contributed by atoms with Crippen LogP contribution in [0.3, 0.4) is 0 Å². The second-order valence-electron chi connectivity index (χ2n) is 5.16. The zero-order valence-corrected chi connectivity index (χ0v) is 10.9. The molecule has 2 fully saturated rings. The van der Waals surface area contributed by atoms with E-state index in [1.807, 2.05) is 0 Å². The van der Waals surface area contributed by atoms with Gasteiger partial charge in [-0.15, -0.1) is 0 Å². The van der Waals surface area contributed by atoms with Gasteiger partial charge in [-0.1, -0.05) is 0 Å².